The Labute approximate surface area is 229 Å². The van der Waals surface area contributed by atoms with E-state index in [9.17, 15) is 13.6 Å². The molecule has 208 valence electrons. The number of hydrogen-bond acceptors (Lipinski definition) is 10. The van der Waals surface area contributed by atoms with Crippen molar-refractivity contribution in [2.24, 2.45) is 5.41 Å². The van der Waals surface area contributed by atoms with Crippen molar-refractivity contribution in [2.45, 2.75) is 59.0 Å². The van der Waals surface area contributed by atoms with E-state index in [2.05, 4.69) is 35.8 Å². The second-order valence-corrected chi connectivity index (χ2v) is 11.5. The summed E-state index contributed by atoms with van der Waals surface area (Å²) in [5, 5.41) is 20.0. The van der Waals surface area contributed by atoms with Crippen molar-refractivity contribution in [2.75, 3.05) is 23.3 Å². The van der Waals surface area contributed by atoms with Gasteiger partial charge in [0.15, 0.2) is 17.4 Å². The molecular formula is C27H29F2N9O2. The van der Waals surface area contributed by atoms with Gasteiger partial charge in [-0.15, -0.1) is 10.2 Å². The highest BCUT2D eigenvalue weighted by Gasteiger charge is 2.34. The number of aromatic nitrogens is 7. The van der Waals surface area contributed by atoms with Gasteiger partial charge in [-0.1, -0.05) is 31.1 Å². The average Bonchev–Trinajstić information content (AvgIpc) is 3.59. The van der Waals surface area contributed by atoms with Gasteiger partial charge in [0.1, 0.15) is 6.54 Å². The quantitative estimate of drug-likeness (QED) is 0.366. The van der Waals surface area contributed by atoms with E-state index in [0.717, 1.165) is 16.8 Å². The molecule has 0 radical (unpaired) electrons. The Morgan fingerprint density at radius 1 is 1.10 bits per heavy atom. The van der Waals surface area contributed by atoms with Crippen molar-refractivity contribution in [1.29, 1.82) is 0 Å². The number of fused-ring (bicyclic) bond motifs is 1. The molecule has 4 aromatic rings. The molecule has 1 N–H and O–H groups in total. The first-order valence-corrected chi connectivity index (χ1v) is 13.1. The predicted molar refractivity (Wildman–Crippen MR) is 141 cm³/mol. The molecule has 0 atom stereocenters. The first-order valence-electron chi connectivity index (χ1n) is 13.1. The van der Waals surface area contributed by atoms with Gasteiger partial charge in [-0.25, -0.2) is 23.4 Å². The first kappa shape index (κ1) is 26.0. The number of benzene rings is 1. The minimum Gasteiger partial charge on any atom is -0.403 e. The zero-order valence-electron chi connectivity index (χ0n) is 22.6. The van der Waals surface area contributed by atoms with Crippen molar-refractivity contribution in [3.8, 4) is 11.5 Å². The number of aryl methyl sites for hydroxylation is 1. The monoisotopic (exact) mass is 549 g/mol. The van der Waals surface area contributed by atoms with Crippen LogP contribution in [-0.4, -0.2) is 60.1 Å². The molecule has 1 fully saturated rings. The largest absolute Gasteiger partial charge is 0.403 e. The summed E-state index contributed by atoms with van der Waals surface area (Å²) in [5.74, 6) is -0.686. The number of nitrogens with one attached hydrogen (secondary N) is 1. The molecule has 11 nitrogen and oxygen atoms in total. The lowest BCUT2D eigenvalue weighted by atomic mass is 9.91. The molecule has 0 amide bonds. The van der Waals surface area contributed by atoms with Crippen LogP contribution < -0.4 is 10.2 Å². The highest BCUT2D eigenvalue weighted by Crippen LogP contribution is 2.32. The molecule has 0 bridgehead atoms. The van der Waals surface area contributed by atoms with Crippen molar-refractivity contribution in [3.05, 3.63) is 58.7 Å². The Morgan fingerprint density at radius 2 is 1.80 bits per heavy atom. The average molecular weight is 550 g/mol. The lowest BCUT2D eigenvalue weighted by Gasteiger charge is -2.36. The standard InChI is InChI=1S/C27H29F2N9O2/c1-14-19(9-30-25(31-14)32-18-5-15-7-20(28)21(29)8-16(15)6-18)24-34-35-26(40-24)37-10-17(11-37)22-12-38(36-33-22)13-23(39)27(2,3)4/h7-9,12,17-18H,5-6,10-11,13H2,1-4H3,(H,30,31,32). The van der Waals surface area contributed by atoms with Crippen LogP contribution in [0.4, 0.5) is 20.7 Å². The normalized spacial score (nSPS) is 15.8. The van der Waals surface area contributed by atoms with Gasteiger partial charge in [-0.3, -0.25) is 4.79 Å². The van der Waals surface area contributed by atoms with Crippen LogP contribution >= 0.6 is 0 Å². The van der Waals surface area contributed by atoms with Gasteiger partial charge < -0.3 is 14.6 Å². The molecule has 13 heteroatoms. The van der Waals surface area contributed by atoms with E-state index in [4.69, 9.17) is 4.42 Å². The van der Waals surface area contributed by atoms with Gasteiger partial charge >= 0.3 is 6.01 Å². The topological polar surface area (TPSA) is 128 Å². The molecule has 1 aromatic carbocycles. The van der Waals surface area contributed by atoms with E-state index in [1.807, 2.05) is 38.8 Å². The van der Waals surface area contributed by atoms with Gasteiger partial charge in [-0.2, -0.15) is 0 Å². The molecular weight excluding hydrogens is 520 g/mol. The van der Waals surface area contributed by atoms with Crippen LogP contribution in [0.3, 0.4) is 0 Å². The number of nitrogens with zero attached hydrogens (tertiary/aromatic N) is 8. The number of carbonyl (C=O) groups excluding carboxylic acids is 1. The Morgan fingerprint density at radius 3 is 2.45 bits per heavy atom. The number of anilines is 2. The van der Waals surface area contributed by atoms with E-state index >= 15 is 0 Å². The van der Waals surface area contributed by atoms with Crippen LogP contribution in [0.2, 0.25) is 0 Å². The third kappa shape index (κ3) is 5.03. The third-order valence-electron chi connectivity index (χ3n) is 7.40. The lowest BCUT2D eigenvalue weighted by Crippen LogP contribution is -2.45. The Hall–Kier alpha value is -4.29. The highest BCUT2D eigenvalue weighted by atomic mass is 19.2. The second kappa shape index (κ2) is 9.72. The summed E-state index contributed by atoms with van der Waals surface area (Å²) in [4.78, 5) is 23.2. The van der Waals surface area contributed by atoms with Crippen LogP contribution in [-0.2, 0) is 24.2 Å². The zero-order valence-corrected chi connectivity index (χ0v) is 22.6. The van der Waals surface area contributed by atoms with Gasteiger partial charge in [0.05, 0.1) is 17.0 Å². The first-order chi connectivity index (χ1) is 19.0. The highest BCUT2D eigenvalue weighted by molar-refractivity contribution is 5.83. The summed E-state index contributed by atoms with van der Waals surface area (Å²) in [6, 6.07) is 2.85. The molecule has 1 aliphatic carbocycles. The van der Waals surface area contributed by atoms with Crippen LogP contribution in [0.25, 0.3) is 11.5 Å². The number of rotatable bonds is 7. The molecule has 40 heavy (non-hydrogen) atoms. The van der Waals surface area contributed by atoms with Crippen LogP contribution in [0, 0.1) is 24.0 Å². The number of hydrogen-bond donors (Lipinski definition) is 1. The van der Waals surface area contributed by atoms with Crippen molar-refractivity contribution >= 4 is 17.7 Å². The molecule has 3 aromatic heterocycles. The van der Waals surface area contributed by atoms with Crippen LogP contribution in [0.1, 0.15) is 49.2 Å². The summed E-state index contributed by atoms with van der Waals surface area (Å²) < 4.78 is 34.7. The van der Waals surface area contributed by atoms with Crippen LogP contribution in [0.5, 0.6) is 0 Å². The lowest BCUT2D eigenvalue weighted by molar-refractivity contribution is -0.127. The maximum absolute atomic E-state index is 13.6. The Balaban J connectivity index is 1.06. The number of halogens is 2. The molecule has 0 saturated carbocycles. The van der Waals surface area contributed by atoms with Gasteiger partial charge in [-0.05, 0) is 43.0 Å². The van der Waals surface area contributed by atoms with E-state index < -0.39 is 17.0 Å². The molecule has 2 aliphatic rings. The molecule has 1 aliphatic heterocycles. The predicted octanol–water partition coefficient (Wildman–Crippen LogP) is 3.50. The fourth-order valence-corrected chi connectivity index (χ4v) is 4.88. The molecule has 1 saturated heterocycles. The van der Waals surface area contributed by atoms with E-state index in [1.165, 1.54) is 12.1 Å². The van der Waals surface area contributed by atoms with E-state index in [0.29, 0.717) is 55.0 Å². The van der Waals surface area contributed by atoms with Gasteiger partial charge in [0.25, 0.3) is 5.89 Å². The minimum absolute atomic E-state index is 0.0589. The minimum atomic E-state index is -0.833. The molecule has 6 rings (SSSR count). The third-order valence-corrected chi connectivity index (χ3v) is 7.40. The Kier molecular flexibility index (Phi) is 6.31. The second-order valence-electron chi connectivity index (χ2n) is 11.5. The van der Waals surface area contributed by atoms with Gasteiger partial charge in [0.2, 0.25) is 5.95 Å². The van der Waals surface area contributed by atoms with E-state index in [-0.39, 0.29) is 24.3 Å². The number of carbonyl (C=O) groups is 1. The Bertz CT molecular complexity index is 1560. The molecule has 0 unspecified atom stereocenters. The SMILES string of the molecule is Cc1nc(NC2Cc3cc(F)c(F)cc3C2)ncc1-c1nnc(N2CC(c3cn(CC(=O)C(C)(C)C)nn3)C2)o1. The fraction of sp³-hybridized carbons (Fsp3) is 0.444. The van der Waals surface area contributed by atoms with Gasteiger partial charge in [0, 0.05) is 42.9 Å². The van der Waals surface area contributed by atoms with E-state index in [1.54, 1.807) is 10.9 Å². The molecule has 0 spiro atoms. The van der Waals surface area contributed by atoms with Crippen LogP contribution in [0.15, 0.2) is 28.9 Å². The summed E-state index contributed by atoms with van der Waals surface area (Å²) >= 11 is 0. The molecule has 4 heterocycles. The summed E-state index contributed by atoms with van der Waals surface area (Å²) in [6.45, 7) is 8.97. The van der Waals surface area contributed by atoms with Crippen molar-refractivity contribution < 1.29 is 18.0 Å². The van der Waals surface area contributed by atoms with Crippen molar-refractivity contribution in [1.82, 2.24) is 35.2 Å². The van der Waals surface area contributed by atoms with Crippen molar-refractivity contribution in [3.63, 3.8) is 0 Å². The smallest absolute Gasteiger partial charge is 0.318 e. The maximum atomic E-state index is 13.6. The number of ketones is 1. The maximum Gasteiger partial charge on any atom is 0.318 e. The summed E-state index contributed by atoms with van der Waals surface area (Å²) in [5.41, 5.74) is 3.25. The number of Topliss-reactive ketones (excluding diaryl/α,β-unsaturated/α-hetero) is 1. The fourth-order valence-electron chi connectivity index (χ4n) is 4.88. The summed E-state index contributed by atoms with van der Waals surface area (Å²) in [7, 11) is 0. The zero-order chi connectivity index (χ0) is 28.2. The summed E-state index contributed by atoms with van der Waals surface area (Å²) in [6.07, 6.45) is 4.57.